The predicted molar refractivity (Wildman–Crippen MR) is 97.8 cm³/mol. The van der Waals surface area contributed by atoms with Gasteiger partial charge >= 0.3 is 6.03 Å². The summed E-state index contributed by atoms with van der Waals surface area (Å²) in [5.74, 6) is 0.867. The van der Waals surface area contributed by atoms with Crippen molar-refractivity contribution in [2.24, 2.45) is 7.05 Å². The molecule has 25 heavy (non-hydrogen) atoms. The van der Waals surface area contributed by atoms with Crippen LogP contribution in [0.3, 0.4) is 0 Å². The zero-order chi connectivity index (χ0) is 17.8. The third-order valence-electron chi connectivity index (χ3n) is 4.31. The van der Waals surface area contributed by atoms with Crippen molar-refractivity contribution in [3.63, 3.8) is 0 Å². The molecule has 0 aliphatic carbocycles. The average Bonchev–Trinajstić information content (AvgIpc) is 3.22. The highest BCUT2D eigenvalue weighted by Crippen LogP contribution is 2.19. The molecule has 0 radical (unpaired) electrons. The van der Waals surface area contributed by atoms with Crippen molar-refractivity contribution in [3.05, 3.63) is 36.3 Å². The minimum Gasteiger partial charge on any atom is -0.367 e. The van der Waals surface area contributed by atoms with Crippen molar-refractivity contribution < 1.29 is 4.79 Å². The van der Waals surface area contributed by atoms with E-state index in [0.29, 0.717) is 6.54 Å². The summed E-state index contributed by atoms with van der Waals surface area (Å²) in [6, 6.07) is 3.85. The Hall–Kier alpha value is -2.77. The molecular weight excluding hydrogens is 318 g/mol. The van der Waals surface area contributed by atoms with Crippen LogP contribution >= 0.6 is 0 Å². The van der Waals surface area contributed by atoms with E-state index in [0.717, 1.165) is 36.6 Å². The van der Waals surface area contributed by atoms with Crippen LogP contribution in [0.15, 0.2) is 30.7 Å². The maximum Gasteiger partial charge on any atom is 0.315 e. The lowest BCUT2D eigenvalue weighted by atomic mass is 10.2. The number of carbonyl (C=O) groups is 1. The van der Waals surface area contributed by atoms with Gasteiger partial charge in [-0.3, -0.25) is 4.68 Å². The Kier molecular flexibility index (Phi) is 5.06. The molecule has 0 saturated carbocycles. The van der Waals surface area contributed by atoms with Gasteiger partial charge in [-0.2, -0.15) is 5.10 Å². The highest BCUT2D eigenvalue weighted by atomic mass is 16.2. The highest BCUT2D eigenvalue weighted by Gasteiger charge is 2.24. The number of hydrogen-bond donors (Lipinski definition) is 2. The number of nitrogens with zero attached hydrogens (tertiary/aromatic N) is 5. The van der Waals surface area contributed by atoms with Crippen LogP contribution in [0.5, 0.6) is 0 Å². The smallest absolute Gasteiger partial charge is 0.315 e. The first kappa shape index (κ1) is 17.1. The number of rotatable bonds is 5. The van der Waals surface area contributed by atoms with E-state index in [-0.39, 0.29) is 12.1 Å². The Labute approximate surface area is 147 Å². The van der Waals surface area contributed by atoms with Gasteiger partial charge in [0, 0.05) is 64.8 Å². The van der Waals surface area contributed by atoms with Gasteiger partial charge in [-0.05, 0) is 12.5 Å². The lowest BCUT2D eigenvalue weighted by molar-refractivity contribution is 0.237. The molecule has 0 bridgehead atoms. The van der Waals surface area contributed by atoms with Crippen molar-refractivity contribution in [1.82, 2.24) is 25.4 Å². The van der Waals surface area contributed by atoms with Crippen LogP contribution in [-0.4, -0.2) is 54.0 Å². The number of nitrogens with one attached hydrogen (secondary N) is 2. The molecule has 2 aromatic rings. The van der Waals surface area contributed by atoms with Crippen molar-refractivity contribution in [2.75, 3.05) is 37.0 Å². The number of carbonyl (C=O) groups excluding carboxylic acids is 1. The topological polar surface area (TPSA) is 78.3 Å². The van der Waals surface area contributed by atoms with E-state index in [2.05, 4.69) is 25.6 Å². The first-order valence-corrected chi connectivity index (χ1v) is 8.42. The van der Waals surface area contributed by atoms with Gasteiger partial charge < -0.3 is 20.4 Å². The summed E-state index contributed by atoms with van der Waals surface area (Å²) < 4.78 is 1.79. The molecule has 3 heterocycles. The quantitative estimate of drug-likeness (QED) is 0.845. The fourth-order valence-electron chi connectivity index (χ4n) is 3.07. The fraction of sp³-hybridized carbons (Fsp3) is 0.471. The molecule has 8 nitrogen and oxygen atoms in total. The Morgan fingerprint density at radius 2 is 2.28 bits per heavy atom. The normalized spacial score (nSPS) is 16.8. The Morgan fingerprint density at radius 3 is 3.00 bits per heavy atom. The molecule has 134 valence electrons. The van der Waals surface area contributed by atoms with Crippen molar-refractivity contribution in [2.45, 2.75) is 19.0 Å². The average molecular weight is 343 g/mol. The molecule has 1 aliphatic rings. The molecule has 8 heteroatoms. The minimum absolute atomic E-state index is 0.141. The van der Waals surface area contributed by atoms with Gasteiger partial charge in [0.15, 0.2) is 0 Å². The molecule has 1 aliphatic heterocycles. The molecule has 2 N–H and O–H groups in total. The zero-order valence-electron chi connectivity index (χ0n) is 14.9. The summed E-state index contributed by atoms with van der Waals surface area (Å²) in [7, 11) is 5.79. The number of urea groups is 1. The molecule has 1 saturated heterocycles. The number of anilines is 2. The van der Waals surface area contributed by atoms with Crippen LogP contribution in [0.4, 0.5) is 16.3 Å². The van der Waals surface area contributed by atoms with E-state index in [1.54, 1.807) is 10.9 Å². The third-order valence-corrected chi connectivity index (χ3v) is 4.31. The van der Waals surface area contributed by atoms with Crippen molar-refractivity contribution >= 4 is 17.5 Å². The number of aromatic nitrogens is 3. The second kappa shape index (κ2) is 7.42. The van der Waals surface area contributed by atoms with E-state index < -0.39 is 0 Å². The number of aryl methyl sites for hydroxylation is 1. The summed E-state index contributed by atoms with van der Waals surface area (Å²) in [5.41, 5.74) is 2.09. The number of amides is 2. The first-order valence-electron chi connectivity index (χ1n) is 8.42. The van der Waals surface area contributed by atoms with E-state index in [1.807, 2.05) is 50.6 Å². The van der Waals surface area contributed by atoms with Crippen LogP contribution in [0.25, 0.3) is 0 Å². The van der Waals surface area contributed by atoms with Gasteiger partial charge in [0.2, 0.25) is 0 Å². The van der Waals surface area contributed by atoms with Gasteiger partial charge in [-0.1, -0.05) is 6.07 Å². The molecule has 1 atom stereocenters. The van der Waals surface area contributed by atoms with Gasteiger partial charge in [-0.15, -0.1) is 0 Å². The minimum atomic E-state index is -0.147. The number of hydrogen-bond acceptors (Lipinski definition) is 5. The molecule has 0 aromatic carbocycles. The molecular formula is C17H25N7O. The fourth-order valence-corrected chi connectivity index (χ4v) is 3.07. The maximum atomic E-state index is 12.2. The lowest BCUT2D eigenvalue weighted by Gasteiger charge is -2.18. The van der Waals surface area contributed by atoms with E-state index in [9.17, 15) is 4.79 Å². The predicted octanol–water partition coefficient (Wildman–Crippen LogP) is 0.959. The Balaban J connectivity index is 1.49. The summed E-state index contributed by atoms with van der Waals surface area (Å²) in [4.78, 5) is 20.7. The van der Waals surface area contributed by atoms with Crippen LogP contribution < -0.4 is 20.4 Å². The van der Waals surface area contributed by atoms with Crippen LogP contribution in [0, 0.1) is 0 Å². The van der Waals surface area contributed by atoms with Gasteiger partial charge in [0.05, 0.1) is 11.9 Å². The molecule has 1 fully saturated rings. The second-order valence-corrected chi connectivity index (χ2v) is 6.51. The van der Waals surface area contributed by atoms with E-state index in [4.69, 9.17) is 0 Å². The standard InChI is InChI=1S/C17H25N7O/c1-22(2)16-13(5-4-7-18-16)9-19-17(25)21-14-6-8-24(11-14)15-10-20-23(3)12-15/h4-5,7,10,12,14H,6,8-9,11H2,1-3H3,(H2,19,21,25)/t14-/m0/s1. The van der Waals surface area contributed by atoms with Crippen molar-refractivity contribution in [1.29, 1.82) is 0 Å². The van der Waals surface area contributed by atoms with Crippen LogP contribution in [0.1, 0.15) is 12.0 Å². The first-order chi connectivity index (χ1) is 12.0. The van der Waals surface area contributed by atoms with Gasteiger partial charge in [0.1, 0.15) is 5.82 Å². The molecule has 2 aromatic heterocycles. The summed E-state index contributed by atoms with van der Waals surface area (Å²) in [5, 5.41) is 10.2. The Bertz CT molecular complexity index is 727. The summed E-state index contributed by atoms with van der Waals surface area (Å²) >= 11 is 0. The van der Waals surface area contributed by atoms with Crippen LogP contribution in [0.2, 0.25) is 0 Å². The maximum absolute atomic E-state index is 12.2. The van der Waals surface area contributed by atoms with E-state index in [1.165, 1.54) is 0 Å². The SMILES string of the molecule is CN(C)c1ncccc1CNC(=O)N[C@H]1CCN(c2cnn(C)c2)C1. The molecule has 3 rings (SSSR count). The molecule has 2 amide bonds. The van der Waals surface area contributed by atoms with Gasteiger partial charge in [0.25, 0.3) is 0 Å². The lowest BCUT2D eigenvalue weighted by Crippen LogP contribution is -2.43. The monoisotopic (exact) mass is 343 g/mol. The van der Waals surface area contributed by atoms with Crippen LogP contribution in [-0.2, 0) is 13.6 Å². The van der Waals surface area contributed by atoms with Crippen molar-refractivity contribution in [3.8, 4) is 0 Å². The third kappa shape index (κ3) is 4.20. The summed E-state index contributed by atoms with van der Waals surface area (Å²) in [6.07, 6.45) is 6.53. The molecule has 0 spiro atoms. The molecule has 0 unspecified atom stereocenters. The van der Waals surface area contributed by atoms with E-state index >= 15 is 0 Å². The number of pyridine rings is 1. The largest absolute Gasteiger partial charge is 0.367 e. The second-order valence-electron chi connectivity index (χ2n) is 6.51. The zero-order valence-corrected chi connectivity index (χ0v) is 14.9. The summed E-state index contributed by atoms with van der Waals surface area (Å²) in [6.45, 7) is 2.17. The highest BCUT2D eigenvalue weighted by molar-refractivity contribution is 5.74. The van der Waals surface area contributed by atoms with Gasteiger partial charge in [-0.25, -0.2) is 9.78 Å². The Morgan fingerprint density at radius 1 is 1.44 bits per heavy atom.